The van der Waals surface area contributed by atoms with E-state index in [9.17, 15) is 9.90 Å². The van der Waals surface area contributed by atoms with Gasteiger partial charge in [0.25, 0.3) is 11.9 Å². The van der Waals surface area contributed by atoms with Crippen molar-refractivity contribution >= 4 is 22.9 Å². The molecule has 1 aromatic carbocycles. The first-order valence-corrected chi connectivity index (χ1v) is 12.7. The van der Waals surface area contributed by atoms with E-state index < -0.39 is 17.7 Å². The van der Waals surface area contributed by atoms with E-state index in [2.05, 4.69) is 20.1 Å². The van der Waals surface area contributed by atoms with E-state index in [4.69, 9.17) is 4.52 Å². The lowest BCUT2D eigenvalue weighted by Gasteiger charge is -2.31. The third-order valence-corrected chi connectivity index (χ3v) is 7.41. The molecule has 38 heavy (non-hydrogen) atoms. The van der Waals surface area contributed by atoms with E-state index in [1.54, 1.807) is 13.0 Å². The lowest BCUT2D eigenvalue weighted by Crippen LogP contribution is -2.35. The number of piperidine rings is 1. The first-order valence-electron chi connectivity index (χ1n) is 12.7. The molecule has 4 aromatic rings. The molecule has 3 aromatic heterocycles. The number of amides is 1. The van der Waals surface area contributed by atoms with E-state index in [1.807, 2.05) is 9.47 Å². The summed E-state index contributed by atoms with van der Waals surface area (Å²) < 4.78 is 37.2. The van der Waals surface area contributed by atoms with Crippen LogP contribution in [0.4, 0.5) is 14.7 Å². The number of likely N-dealkylation sites (tertiary alicyclic amines) is 1. The lowest BCUT2D eigenvalue weighted by atomic mass is 10.0. The number of aliphatic hydroxyl groups excluding tert-OH is 1. The third kappa shape index (κ3) is 4.49. The van der Waals surface area contributed by atoms with Crippen LogP contribution < -0.4 is 4.90 Å². The number of β-amino-alcohol motifs (C(OH)–C–C–N with tert-alkyl or cyclic N) is 1. The number of aromatic nitrogens is 5. The normalized spacial score (nSPS) is 18.6. The summed E-state index contributed by atoms with van der Waals surface area (Å²) in [5.41, 5.74) is 1.37. The van der Waals surface area contributed by atoms with Crippen molar-refractivity contribution in [1.82, 2.24) is 29.6 Å². The summed E-state index contributed by atoms with van der Waals surface area (Å²) in [6, 6.07) is 4.32. The van der Waals surface area contributed by atoms with Gasteiger partial charge in [-0.3, -0.25) is 4.79 Å². The molecule has 6 rings (SSSR count). The summed E-state index contributed by atoms with van der Waals surface area (Å²) >= 11 is 0. The molecule has 0 spiro atoms. The quantitative estimate of drug-likeness (QED) is 0.425. The number of hydrogen-bond acceptors (Lipinski definition) is 8. The molecule has 0 bridgehead atoms. The number of hydrogen-bond donors (Lipinski definition) is 1. The van der Waals surface area contributed by atoms with Crippen LogP contribution in [0.3, 0.4) is 0 Å². The van der Waals surface area contributed by atoms with E-state index in [1.165, 1.54) is 29.6 Å². The van der Waals surface area contributed by atoms with Gasteiger partial charge in [0.1, 0.15) is 17.8 Å². The van der Waals surface area contributed by atoms with Crippen molar-refractivity contribution in [2.75, 3.05) is 31.1 Å². The largest absolute Gasteiger partial charge is 0.391 e. The zero-order valence-electron chi connectivity index (χ0n) is 20.8. The van der Waals surface area contributed by atoms with Crippen molar-refractivity contribution in [1.29, 1.82) is 0 Å². The Kier molecular flexibility index (Phi) is 6.26. The highest BCUT2D eigenvalue weighted by Gasteiger charge is 2.28. The zero-order chi connectivity index (χ0) is 26.4. The van der Waals surface area contributed by atoms with Gasteiger partial charge in [0, 0.05) is 57.3 Å². The Bertz CT molecular complexity index is 1500. The van der Waals surface area contributed by atoms with Crippen molar-refractivity contribution in [2.24, 2.45) is 0 Å². The summed E-state index contributed by atoms with van der Waals surface area (Å²) in [4.78, 5) is 29.1. The number of carbonyl (C=O) groups is 1. The summed E-state index contributed by atoms with van der Waals surface area (Å²) in [7, 11) is 0. The van der Waals surface area contributed by atoms with Gasteiger partial charge >= 0.3 is 0 Å². The van der Waals surface area contributed by atoms with E-state index in [0.717, 1.165) is 12.8 Å². The molecule has 1 N–H and O–H groups in total. The van der Waals surface area contributed by atoms with Crippen molar-refractivity contribution < 1.29 is 23.2 Å². The molecule has 0 radical (unpaired) electrons. The van der Waals surface area contributed by atoms with Crippen molar-refractivity contribution in [3.8, 4) is 0 Å². The molecule has 2 aliphatic heterocycles. The maximum absolute atomic E-state index is 15.2. The Hall–Kier alpha value is -3.93. The topological polar surface area (TPSA) is 113 Å². The molecule has 12 heteroatoms. The molecule has 0 saturated carbocycles. The standard InChI is InChI=1S/C26H27F2N7O3/c1-15-31-26(32-38-15)33-7-4-18(5-8-33)35-13-21(28)23-22(29-14-30-24(23)35)11-16-2-3-17(10-20(16)27)25(37)34-9-6-19(36)12-34/h2-3,10,13-14,18-19,36H,4-9,11-12H2,1H3/t19-/m1/s1. The fraction of sp³-hybridized carbons (Fsp3) is 0.423. The molecule has 2 fully saturated rings. The predicted molar refractivity (Wildman–Crippen MR) is 133 cm³/mol. The number of aryl methyl sites for hydroxylation is 1. The fourth-order valence-corrected chi connectivity index (χ4v) is 5.39. The molecular formula is C26H27F2N7O3. The minimum absolute atomic E-state index is 0.0279. The minimum Gasteiger partial charge on any atom is -0.391 e. The van der Waals surface area contributed by atoms with Gasteiger partial charge < -0.3 is 24.0 Å². The fourth-order valence-electron chi connectivity index (χ4n) is 5.39. The summed E-state index contributed by atoms with van der Waals surface area (Å²) in [5.74, 6) is -0.270. The molecule has 0 aliphatic carbocycles. The van der Waals surface area contributed by atoms with Gasteiger partial charge in [-0.2, -0.15) is 4.98 Å². The van der Waals surface area contributed by atoms with Gasteiger partial charge in [-0.05, 0) is 42.1 Å². The predicted octanol–water partition coefficient (Wildman–Crippen LogP) is 3.04. The molecular weight excluding hydrogens is 496 g/mol. The smallest absolute Gasteiger partial charge is 0.266 e. The monoisotopic (exact) mass is 523 g/mol. The summed E-state index contributed by atoms with van der Waals surface area (Å²) in [5, 5.41) is 13.9. The van der Waals surface area contributed by atoms with Crippen LogP contribution in [0, 0.1) is 18.6 Å². The number of rotatable bonds is 5. The maximum atomic E-state index is 15.2. The molecule has 0 unspecified atom stereocenters. The zero-order valence-corrected chi connectivity index (χ0v) is 20.8. The third-order valence-electron chi connectivity index (χ3n) is 7.41. The molecule has 2 saturated heterocycles. The Labute approximate surface area is 216 Å². The molecule has 1 amide bonds. The molecule has 198 valence electrons. The highest BCUT2D eigenvalue weighted by Crippen LogP contribution is 2.31. The number of anilines is 1. The number of aliphatic hydroxyl groups is 1. The SMILES string of the molecule is Cc1nc(N2CCC(n3cc(F)c4c(Cc5ccc(C(=O)N6CC[C@@H](O)C6)cc5F)ncnc43)CC2)no1. The van der Waals surface area contributed by atoms with Gasteiger partial charge in [0.2, 0.25) is 5.89 Å². The van der Waals surface area contributed by atoms with E-state index >= 15 is 8.78 Å². The van der Waals surface area contributed by atoms with Crippen molar-refractivity contribution in [3.05, 3.63) is 65.1 Å². The highest BCUT2D eigenvalue weighted by molar-refractivity contribution is 5.94. The number of halogens is 2. The van der Waals surface area contributed by atoms with Gasteiger partial charge in [0.15, 0.2) is 5.82 Å². The van der Waals surface area contributed by atoms with Crippen LogP contribution in [0.5, 0.6) is 0 Å². The molecule has 10 nitrogen and oxygen atoms in total. The lowest BCUT2D eigenvalue weighted by molar-refractivity contribution is 0.0764. The molecule has 1 atom stereocenters. The minimum atomic E-state index is -0.564. The maximum Gasteiger partial charge on any atom is 0.266 e. The Morgan fingerprint density at radius 3 is 2.63 bits per heavy atom. The van der Waals surface area contributed by atoms with Crippen LogP contribution in [0.1, 0.15) is 52.8 Å². The van der Waals surface area contributed by atoms with Crippen LogP contribution in [0.2, 0.25) is 0 Å². The average Bonchev–Trinajstić information content (AvgIpc) is 3.64. The summed E-state index contributed by atoms with van der Waals surface area (Å²) in [6.07, 6.45) is 4.33. The first-order chi connectivity index (χ1) is 18.4. The van der Waals surface area contributed by atoms with Gasteiger partial charge in [0.05, 0.1) is 17.2 Å². The number of benzene rings is 1. The van der Waals surface area contributed by atoms with Crippen LogP contribution in [-0.2, 0) is 6.42 Å². The van der Waals surface area contributed by atoms with Crippen LogP contribution in [0.15, 0.2) is 35.2 Å². The second-order valence-electron chi connectivity index (χ2n) is 9.91. The average molecular weight is 524 g/mol. The number of nitrogens with zero attached hydrogens (tertiary/aromatic N) is 7. The Morgan fingerprint density at radius 2 is 1.95 bits per heavy atom. The number of fused-ring (bicyclic) bond motifs is 1. The highest BCUT2D eigenvalue weighted by atomic mass is 19.1. The van der Waals surface area contributed by atoms with E-state index in [-0.39, 0.29) is 35.9 Å². The first kappa shape index (κ1) is 24.4. The van der Waals surface area contributed by atoms with Crippen molar-refractivity contribution in [2.45, 2.75) is 44.8 Å². The van der Waals surface area contributed by atoms with Crippen molar-refractivity contribution in [3.63, 3.8) is 0 Å². The number of carbonyl (C=O) groups excluding carboxylic acids is 1. The Morgan fingerprint density at radius 1 is 1.13 bits per heavy atom. The second-order valence-corrected chi connectivity index (χ2v) is 9.91. The van der Waals surface area contributed by atoms with Gasteiger partial charge in [-0.25, -0.2) is 18.7 Å². The summed E-state index contributed by atoms with van der Waals surface area (Å²) in [6.45, 7) is 3.81. The van der Waals surface area contributed by atoms with E-state index in [0.29, 0.717) is 54.8 Å². The van der Waals surface area contributed by atoms with Gasteiger partial charge in [-0.15, -0.1) is 0 Å². The van der Waals surface area contributed by atoms with Gasteiger partial charge in [-0.1, -0.05) is 6.07 Å². The Balaban J connectivity index is 1.21. The van der Waals surface area contributed by atoms with Crippen LogP contribution in [-0.4, -0.2) is 72.9 Å². The molecule has 5 heterocycles. The second kappa shape index (κ2) is 9.75. The molecule has 2 aliphatic rings. The van der Waals surface area contributed by atoms with Crippen LogP contribution in [0.25, 0.3) is 11.0 Å². The van der Waals surface area contributed by atoms with Crippen LogP contribution >= 0.6 is 0 Å².